The van der Waals surface area contributed by atoms with E-state index < -0.39 is 12.1 Å². The third kappa shape index (κ3) is 3.71. The average Bonchev–Trinajstić information content (AvgIpc) is 2.96. The van der Waals surface area contributed by atoms with E-state index in [1.54, 1.807) is 17.0 Å². The van der Waals surface area contributed by atoms with Crippen molar-refractivity contribution >= 4 is 17.6 Å². The van der Waals surface area contributed by atoms with Gasteiger partial charge in [-0.15, -0.1) is 0 Å². The van der Waals surface area contributed by atoms with Crippen molar-refractivity contribution in [2.45, 2.75) is 19.0 Å². The molecule has 3 rings (SSSR count). The van der Waals surface area contributed by atoms with Crippen molar-refractivity contribution in [3.05, 3.63) is 66.0 Å². The fraction of sp³-hybridized carbons (Fsp3) is 0.222. The predicted molar refractivity (Wildman–Crippen MR) is 89.0 cm³/mol. The molecular weight excluding hydrogens is 309 g/mol. The first-order valence-corrected chi connectivity index (χ1v) is 7.79. The van der Waals surface area contributed by atoms with Crippen LogP contribution in [0.25, 0.3) is 0 Å². The van der Waals surface area contributed by atoms with E-state index in [0.29, 0.717) is 13.0 Å². The Morgan fingerprint density at radius 1 is 1.12 bits per heavy atom. The van der Waals surface area contributed by atoms with Crippen LogP contribution in [0.3, 0.4) is 0 Å². The van der Waals surface area contributed by atoms with Gasteiger partial charge in [0.25, 0.3) is 0 Å². The minimum absolute atomic E-state index is 0.113. The van der Waals surface area contributed by atoms with Crippen LogP contribution in [0.1, 0.15) is 12.0 Å². The largest absolute Gasteiger partial charge is 0.334 e. The van der Waals surface area contributed by atoms with Gasteiger partial charge in [0, 0.05) is 18.8 Å². The number of carbonyl (C=O) groups excluding carboxylic acids is 2. The lowest BCUT2D eigenvalue weighted by Gasteiger charge is -2.17. The smallest absolute Gasteiger partial charge is 0.315 e. The molecule has 2 N–H and O–H groups in total. The Labute approximate surface area is 139 Å². The molecule has 1 fully saturated rings. The molecule has 5 nitrogen and oxygen atoms in total. The number of nitrogens with one attached hydrogen (secondary N) is 2. The first-order valence-electron chi connectivity index (χ1n) is 7.79. The highest BCUT2D eigenvalue weighted by Crippen LogP contribution is 2.20. The first-order chi connectivity index (χ1) is 11.6. The van der Waals surface area contributed by atoms with Gasteiger partial charge < -0.3 is 15.5 Å². The van der Waals surface area contributed by atoms with Crippen LogP contribution in [0.4, 0.5) is 14.9 Å². The summed E-state index contributed by atoms with van der Waals surface area (Å²) in [5, 5.41) is 5.37. The van der Waals surface area contributed by atoms with Gasteiger partial charge in [0.05, 0.1) is 0 Å². The van der Waals surface area contributed by atoms with E-state index in [1.807, 2.05) is 30.3 Å². The van der Waals surface area contributed by atoms with Crippen molar-refractivity contribution in [2.75, 3.05) is 11.4 Å². The summed E-state index contributed by atoms with van der Waals surface area (Å²) in [6, 6.07) is 14.3. The lowest BCUT2D eigenvalue weighted by molar-refractivity contribution is -0.118. The normalized spacial score (nSPS) is 17.0. The molecule has 0 aliphatic carbocycles. The quantitative estimate of drug-likeness (QED) is 0.906. The number of halogens is 1. The fourth-order valence-electron chi connectivity index (χ4n) is 2.67. The van der Waals surface area contributed by atoms with E-state index in [9.17, 15) is 14.0 Å². The van der Waals surface area contributed by atoms with Gasteiger partial charge >= 0.3 is 6.03 Å². The Morgan fingerprint density at radius 2 is 1.83 bits per heavy atom. The number of rotatable bonds is 4. The lowest BCUT2D eigenvalue weighted by Crippen LogP contribution is -2.45. The second-order valence-electron chi connectivity index (χ2n) is 5.62. The molecule has 1 aliphatic heterocycles. The zero-order valence-corrected chi connectivity index (χ0v) is 13.0. The lowest BCUT2D eigenvalue weighted by atomic mass is 10.2. The van der Waals surface area contributed by atoms with Gasteiger partial charge in [-0.25, -0.2) is 9.18 Å². The van der Waals surface area contributed by atoms with Crippen LogP contribution in [-0.2, 0) is 11.3 Å². The number of hydrogen-bond donors (Lipinski definition) is 2. The third-order valence-electron chi connectivity index (χ3n) is 3.95. The monoisotopic (exact) mass is 327 g/mol. The van der Waals surface area contributed by atoms with Crippen molar-refractivity contribution in [1.29, 1.82) is 0 Å². The maximum atomic E-state index is 12.8. The van der Waals surface area contributed by atoms with Gasteiger partial charge in [0.2, 0.25) is 5.91 Å². The van der Waals surface area contributed by atoms with Crippen molar-refractivity contribution in [2.24, 2.45) is 0 Å². The molecule has 1 atom stereocenters. The van der Waals surface area contributed by atoms with E-state index in [-0.39, 0.29) is 18.3 Å². The number of carbonyl (C=O) groups is 2. The van der Waals surface area contributed by atoms with Crippen molar-refractivity contribution in [3.63, 3.8) is 0 Å². The molecule has 3 amide bonds. The Balaban J connectivity index is 1.52. The Bertz CT molecular complexity index is 719. The predicted octanol–water partition coefficient (Wildman–Crippen LogP) is 2.43. The van der Waals surface area contributed by atoms with Gasteiger partial charge in [-0.05, 0) is 36.2 Å². The summed E-state index contributed by atoms with van der Waals surface area (Å²) in [5.74, 6) is -0.432. The molecule has 1 saturated heterocycles. The highest BCUT2D eigenvalue weighted by molar-refractivity contribution is 6.01. The highest BCUT2D eigenvalue weighted by atomic mass is 19.1. The fourth-order valence-corrected chi connectivity index (χ4v) is 2.67. The third-order valence-corrected chi connectivity index (χ3v) is 3.95. The Hall–Kier alpha value is -2.89. The van der Waals surface area contributed by atoms with E-state index in [1.165, 1.54) is 12.1 Å². The van der Waals surface area contributed by atoms with Crippen molar-refractivity contribution in [3.8, 4) is 0 Å². The number of nitrogens with zero attached hydrogens (tertiary/aromatic N) is 1. The van der Waals surface area contributed by atoms with Crippen LogP contribution in [0, 0.1) is 5.82 Å². The second-order valence-corrected chi connectivity index (χ2v) is 5.62. The molecular formula is C18H18FN3O2. The molecule has 0 bridgehead atoms. The number of amides is 3. The summed E-state index contributed by atoms with van der Waals surface area (Å²) in [7, 11) is 0. The summed E-state index contributed by atoms with van der Waals surface area (Å²) in [6.07, 6.45) is 0.567. The van der Waals surface area contributed by atoms with Crippen molar-refractivity contribution in [1.82, 2.24) is 10.6 Å². The van der Waals surface area contributed by atoms with Crippen LogP contribution in [0.15, 0.2) is 54.6 Å². The number of benzene rings is 2. The average molecular weight is 327 g/mol. The van der Waals surface area contributed by atoms with Crippen molar-refractivity contribution < 1.29 is 14.0 Å². The number of hydrogen-bond acceptors (Lipinski definition) is 2. The second kappa shape index (κ2) is 7.12. The molecule has 1 heterocycles. The maximum absolute atomic E-state index is 12.8. The molecule has 2 aromatic rings. The summed E-state index contributed by atoms with van der Waals surface area (Å²) in [4.78, 5) is 26.0. The van der Waals surface area contributed by atoms with E-state index in [2.05, 4.69) is 10.6 Å². The standard InChI is InChI=1S/C18H18FN3O2/c19-14-8-6-13(7-9-14)12-20-18(24)21-16-10-11-22(17(16)23)15-4-2-1-3-5-15/h1-9,16H,10-12H2,(H2,20,21,24). The highest BCUT2D eigenvalue weighted by Gasteiger charge is 2.33. The van der Waals surface area contributed by atoms with Gasteiger partial charge in [0.15, 0.2) is 0 Å². The van der Waals surface area contributed by atoms with Gasteiger partial charge in [-0.2, -0.15) is 0 Å². The maximum Gasteiger partial charge on any atom is 0.315 e. The molecule has 2 aromatic carbocycles. The number of para-hydroxylation sites is 1. The summed E-state index contributed by atoms with van der Waals surface area (Å²) in [5.41, 5.74) is 1.62. The summed E-state index contributed by atoms with van der Waals surface area (Å²) < 4.78 is 12.8. The molecule has 1 unspecified atom stereocenters. The molecule has 0 spiro atoms. The molecule has 0 radical (unpaired) electrons. The topological polar surface area (TPSA) is 61.4 Å². The molecule has 6 heteroatoms. The SMILES string of the molecule is O=C(NCc1ccc(F)cc1)NC1CCN(c2ccccc2)C1=O. The molecule has 0 saturated carbocycles. The zero-order valence-electron chi connectivity index (χ0n) is 13.0. The van der Waals surface area contributed by atoms with Gasteiger partial charge in [-0.1, -0.05) is 30.3 Å². The van der Waals surface area contributed by atoms with E-state index in [4.69, 9.17) is 0 Å². The van der Waals surface area contributed by atoms with Crippen LogP contribution < -0.4 is 15.5 Å². The van der Waals surface area contributed by atoms with Crippen LogP contribution in [-0.4, -0.2) is 24.5 Å². The number of anilines is 1. The Kier molecular flexibility index (Phi) is 4.74. The first kappa shape index (κ1) is 16.0. The van der Waals surface area contributed by atoms with Gasteiger partial charge in [0.1, 0.15) is 11.9 Å². The molecule has 24 heavy (non-hydrogen) atoms. The van der Waals surface area contributed by atoms with E-state index in [0.717, 1.165) is 11.3 Å². The molecule has 0 aromatic heterocycles. The zero-order chi connectivity index (χ0) is 16.9. The van der Waals surface area contributed by atoms with Gasteiger partial charge in [-0.3, -0.25) is 4.79 Å². The summed E-state index contributed by atoms with van der Waals surface area (Å²) >= 11 is 0. The van der Waals surface area contributed by atoms with Crippen LogP contribution >= 0.6 is 0 Å². The Morgan fingerprint density at radius 3 is 2.54 bits per heavy atom. The minimum Gasteiger partial charge on any atom is -0.334 e. The number of urea groups is 1. The molecule has 124 valence electrons. The minimum atomic E-state index is -0.529. The van der Waals surface area contributed by atoms with Crippen LogP contribution in [0.5, 0.6) is 0 Å². The summed E-state index contributed by atoms with van der Waals surface area (Å²) in [6.45, 7) is 0.848. The van der Waals surface area contributed by atoms with Crippen LogP contribution in [0.2, 0.25) is 0 Å². The molecule has 1 aliphatic rings. The van der Waals surface area contributed by atoms with E-state index >= 15 is 0 Å².